The zero-order chi connectivity index (χ0) is 16.1. The average Bonchev–Trinajstić information content (AvgIpc) is 2.36. The highest BCUT2D eigenvalue weighted by molar-refractivity contribution is 9.40. The molecule has 0 N–H and O–H groups in total. The van der Waals surface area contributed by atoms with E-state index in [0.717, 1.165) is 0 Å². The van der Waals surface area contributed by atoms with E-state index in [-0.39, 0.29) is 16.9 Å². The Labute approximate surface area is 139 Å². The number of rotatable bonds is 6. The van der Waals surface area contributed by atoms with Crippen molar-refractivity contribution in [2.24, 2.45) is 10.8 Å². The molecule has 0 aliphatic rings. The first-order valence-electron chi connectivity index (χ1n) is 7.32. The van der Waals surface area contributed by atoms with E-state index in [2.05, 4.69) is 81.3 Å². The summed E-state index contributed by atoms with van der Waals surface area (Å²) in [7, 11) is 0. The summed E-state index contributed by atoms with van der Waals surface area (Å²) in [6.07, 6.45) is 0. The molecule has 0 aliphatic carbocycles. The first-order chi connectivity index (χ1) is 9.58. The Bertz CT molecular complexity index is 391. The molecule has 1 aromatic carbocycles. The summed E-state index contributed by atoms with van der Waals surface area (Å²) in [5.74, 6) is 0. The van der Waals surface area contributed by atoms with Gasteiger partial charge in [0.25, 0.3) is 0 Å². The van der Waals surface area contributed by atoms with Crippen LogP contribution in [0.5, 0.6) is 0 Å². The van der Waals surface area contributed by atoms with E-state index >= 15 is 0 Å². The molecule has 1 rings (SSSR count). The van der Waals surface area contributed by atoms with Gasteiger partial charge >= 0.3 is 0 Å². The van der Waals surface area contributed by atoms with Gasteiger partial charge in [-0.05, 0) is 31.6 Å². The largest absolute Gasteiger partial charge is 0.347 e. The van der Waals surface area contributed by atoms with Crippen molar-refractivity contribution in [2.75, 3.05) is 13.2 Å². The van der Waals surface area contributed by atoms with Crippen molar-refractivity contribution in [1.29, 1.82) is 0 Å². The fourth-order valence-corrected chi connectivity index (χ4v) is 4.04. The van der Waals surface area contributed by atoms with Crippen molar-refractivity contribution >= 4 is 27.4 Å². The van der Waals surface area contributed by atoms with Gasteiger partial charge in [0.2, 0.25) is 0 Å². The molecule has 2 nitrogen and oxygen atoms in total. The van der Waals surface area contributed by atoms with Crippen LogP contribution in [-0.4, -0.2) is 19.2 Å². The number of halogens is 1. The second-order valence-corrected chi connectivity index (χ2v) is 11.5. The Hall–Kier alpha value is 0.0500. The third-order valence-electron chi connectivity index (χ3n) is 2.51. The lowest BCUT2D eigenvalue weighted by Gasteiger charge is -2.30. The standard InChI is InChI=1S/C17H28BrO2P/c1-16(2,3)12-19-15(20-13-17(4,5)6)21(18)14-10-8-7-9-11-14/h7-11,15H,12-13H2,1-6H3. The summed E-state index contributed by atoms with van der Waals surface area (Å²) < 4.78 is 12.2. The molecule has 120 valence electrons. The monoisotopic (exact) mass is 374 g/mol. The van der Waals surface area contributed by atoms with Crippen LogP contribution in [0.1, 0.15) is 41.5 Å². The second-order valence-electron chi connectivity index (χ2n) is 7.70. The Kier molecular flexibility index (Phi) is 7.33. The minimum atomic E-state index is -0.677. The zero-order valence-electron chi connectivity index (χ0n) is 14.0. The van der Waals surface area contributed by atoms with Crippen molar-refractivity contribution in [3.8, 4) is 0 Å². The molecule has 0 heterocycles. The van der Waals surface area contributed by atoms with Gasteiger partial charge < -0.3 is 9.47 Å². The third-order valence-corrected chi connectivity index (χ3v) is 6.20. The molecule has 4 heteroatoms. The minimum absolute atomic E-state index is 0.128. The highest BCUT2D eigenvalue weighted by Crippen LogP contribution is 2.49. The topological polar surface area (TPSA) is 18.5 Å². The number of ether oxygens (including phenoxy) is 2. The highest BCUT2D eigenvalue weighted by atomic mass is 79.9. The summed E-state index contributed by atoms with van der Waals surface area (Å²) in [4.78, 5) is 0. The molecule has 0 saturated carbocycles. The molecule has 0 aromatic heterocycles. The zero-order valence-corrected chi connectivity index (χ0v) is 16.5. The molecule has 0 amide bonds. The number of hydrogen-bond donors (Lipinski definition) is 0. The van der Waals surface area contributed by atoms with Gasteiger partial charge in [-0.3, -0.25) is 0 Å². The van der Waals surface area contributed by atoms with Gasteiger partial charge in [0.15, 0.2) is 6.03 Å². The van der Waals surface area contributed by atoms with Crippen molar-refractivity contribution in [2.45, 2.75) is 47.6 Å². The van der Waals surface area contributed by atoms with Crippen LogP contribution in [0.4, 0.5) is 0 Å². The molecule has 0 radical (unpaired) electrons. The van der Waals surface area contributed by atoms with Crippen LogP contribution in [-0.2, 0) is 9.47 Å². The van der Waals surface area contributed by atoms with E-state index < -0.39 is 6.62 Å². The molecule has 1 atom stereocenters. The molecule has 0 fully saturated rings. The van der Waals surface area contributed by atoms with Crippen LogP contribution in [0.2, 0.25) is 0 Å². The van der Waals surface area contributed by atoms with E-state index in [1.54, 1.807) is 0 Å². The van der Waals surface area contributed by atoms with Crippen LogP contribution < -0.4 is 5.30 Å². The van der Waals surface area contributed by atoms with E-state index in [9.17, 15) is 0 Å². The Morgan fingerprint density at radius 2 is 1.33 bits per heavy atom. The molecule has 1 unspecified atom stereocenters. The maximum absolute atomic E-state index is 6.08. The SMILES string of the molecule is CC(C)(C)COC(OCC(C)(C)C)P(Br)c1ccccc1. The number of benzene rings is 1. The molecule has 21 heavy (non-hydrogen) atoms. The minimum Gasteiger partial charge on any atom is -0.347 e. The summed E-state index contributed by atoms with van der Waals surface area (Å²) in [5, 5.41) is 1.24. The van der Waals surface area contributed by atoms with Gasteiger partial charge in [-0.2, -0.15) is 0 Å². The van der Waals surface area contributed by atoms with Gasteiger partial charge in [0, 0.05) is 0 Å². The fourth-order valence-electron chi connectivity index (χ4n) is 1.51. The predicted molar refractivity (Wildman–Crippen MR) is 96.5 cm³/mol. The molecule has 0 bridgehead atoms. The lowest BCUT2D eigenvalue weighted by atomic mass is 9.99. The lowest BCUT2D eigenvalue weighted by molar-refractivity contribution is -0.118. The second kappa shape index (κ2) is 8.06. The fraction of sp³-hybridized carbons (Fsp3) is 0.647. The van der Waals surface area contributed by atoms with Gasteiger partial charge in [0.1, 0.15) is 0 Å². The Morgan fingerprint density at radius 1 is 0.905 bits per heavy atom. The van der Waals surface area contributed by atoms with Gasteiger partial charge in [-0.25, -0.2) is 0 Å². The van der Waals surface area contributed by atoms with Crippen LogP contribution >= 0.6 is 22.1 Å². The Morgan fingerprint density at radius 3 is 1.71 bits per heavy atom. The predicted octanol–water partition coefficient (Wildman–Crippen LogP) is 5.51. The van der Waals surface area contributed by atoms with Crippen LogP contribution in [0.3, 0.4) is 0 Å². The molecule has 0 spiro atoms. The normalized spacial score (nSPS) is 14.5. The van der Waals surface area contributed by atoms with E-state index in [1.807, 2.05) is 6.07 Å². The summed E-state index contributed by atoms with van der Waals surface area (Å²) >= 11 is 3.80. The summed E-state index contributed by atoms with van der Waals surface area (Å²) in [5.41, 5.74) is 0.256. The summed E-state index contributed by atoms with van der Waals surface area (Å²) in [6.45, 7) is 13.7. The third kappa shape index (κ3) is 8.30. The maximum atomic E-state index is 6.08. The van der Waals surface area contributed by atoms with E-state index in [1.165, 1.54) is 5.30 Å². The van der Waals surface area contributed by atoms with E-state index in [4.69, 9.17) is 9.47 Å². The van der Waals surface area contributed by atoms with Crippen molar-refractivity contribution in [3.63, 3.8) is 0 Å². The first-order valence-corrected chi connectivity index (χ1v) is 10.7. The molecule has 0 saturated heterocycles. The quantitative estimate of drug-likeness (QED) is 0.482. The Balaban J connectivity index is 2.75. The smallest absolute Gasteiger partial charge is 0.190 e. The van der Waals surface area contributed by atoms with Crippen molar-refractivity contribution in [1.82, 2.24) is 0 Å². The molecular formula is C17H28BrO2P. The van der Waals surface area contributed by atoms with Crippen molar-refractivity contribution < 1.29 is 9.47 Å². The first kappa shape index (κ1) is 19.1. The molecule has 1 aromatic rings. The average molecular weight is 375 g/mol. The van der Waals surface area contributed by atoms with Crippen LogP contribution in [0.15, 0.2) is 30.3 Å². The van der Waals surface area contributed by atoms with Crippen LogP contribution in [0, 0.1) is 10.8 Å². The van der Waals surface area contributed by atoms with E-state index in [0.29, 0.717) is 13.2 Å². The molecule has 0 aliphatic heterocycles. The number of hydrogen-bond acceptors (Lipinski definition) is 2. The highest BCUT2D eigenvalue weighted by Gasteiger charge is 2.26. The van der Waals surface area contributed by atoms with Crippen molar-refractivity contribution in [3.05, 3.63) is 30.3 Å². The lowest BCUT2D eigenvalue weighted by Crippen LogP contribution is -2.27. The van der Waals surface area contributed by atoms with Crippen LogP contribution in [0.25, 0.3) is 0 Å². The maximum Gasteiger partial charge on any atom is 0.190 e. The summed E-state index contributed by atoms with van der Waals surface area (Å²) in [6, 6.07) is 10.2. The van der Waals surface area contributed by atoms with Gasteiger partial charge in [-0.15, -0.1) is 0 Å². The van der Waals surface area contributed by atoms with Gasteiger partial charge in [-0.1, -0.05) is 71.9 Å². The molecular weight excluding hydrogens is 347 g/mol. The van der Waals surface area contributed by atoms with Gasteiger partial charge in [0.05, 0.1) is 19.8 Å².